The first kappa shape index (κ1) is 11.1. The molecule has 1 aliphatic heterocycles. The summed E-state index contributed by atoms with van der Waals surface area (Å²) >= 11 is 0. The maximum Gasteiger partial charge on any atom is 0.224 e. The Morgan fingerprint density at radius 2 is 2.56 bits per heavy atom. The fourth-order valence-corrected chi connectivity index (χ4v) is 1.88. The van der Waals surface area contributed by atoms with Gasteiger partial charge >= 0.3 is 0 Å². The van der Waals surface area contributed by atoms with E-state index in [2.05, 4.69) is 25.8 Å². The van der Waals surface area contributed by atoms with Crippen molar-refractivity contribution in [2.24, 2.45) is 5.92 Å². The molecule has 1 aromatic rings. The third-order valence-corrected chi connectivity index (χ3v) is 2.79. The van der Waals surface area contributed by atoms with Crippen molar-refractivity contribution in [1.29, 1.82) is 0 Å². The zero-order valence-corrected chi connectivity index (χ0v) is 9.20. The van der Waals surface area contributed by atoms with E-state index >= 15 is 0 Å². The smallest absolute Gasteiger partial charge is 0.224 e. The maximum absolute atomic E-state index is 11.7. The average molecular weight is 223 g/mol. The number of aromatic nitrogens is 3. The number of rotatable bonds is 4. The van der Waals surface area contributed by atoms with Crippen LogP contribution in [0.15, 0.2) is 6.33 Å². The number of piperidine rings is 1. The van der Waals surface area contributed by atoms with Crippen molar-refractivity contribution in [3.05, 3.63) is 12.2 Å². The molecule has 0 bridgehead atoms. The zero-order valence-electron chi connectivity index (χ0n) is 9.20. The predicted octanol–water partition coefficient (Wildman–Crippen LogP) is -0.537. The number of hydrogen-bond acceptors (Lipinski definition) is 4. The largest absolute Gasteiger partial charge is 0.355 e. The second-order valence-corrected chi connectivity index (χ2v) is 4.02. The van der Waals surface area contributed by atoms with Crippen molar-refractivity contribution in [2.45, 2.75) is 19.3 Å². The molecule has 0 radical (unpaired) electrons. The lowest BCUT2D eigenvalue weighted by molar-refractivity contribution is -0.125. The molecule has 1 atom stereocenters. The highest BCUT2D eigenvalue weighted by atomic mass is 16.1. The monoisotopic (exact) mass is 223 g/mol. The summed E-state index contributed by atoms with van der Waals surface area (Å²) in [6.45, 7) is 2.44. The first-order valence-corrected chi connectivity index (χ1v) is 5.69. The molecule has 3 N–H and O–H groups in total. The number of carbonyl (C=O) groups excluding carboxylic acids is 1. The van der Waals surface area contributed by atoms with E-state index in [1.165, 1.54) is 6.33 Å². The minimum atomic E-state index is 0.128. The number of nitrogens with zero attached hydrogens (tertiary/aromatic N) is 2. The summed E-state index contributed by atoms with van der Waals surface area (Å²) in [4.78, 5) is 15.7. The summed E-state index contributed by atoms with van der Waals surface area (Å²) in [5.74, 6) is 1.08. The Hall–Kier alpha value is -1.43. The molecule has 1 fully saturated rings. The summed E-state index contributed by atoms with van der Waals surface area (Å²) in [5, 5.41) is 12.7. The summed E-state index contributed by atoms with van der Waals surface area (Å²) in [6.07, 6.45) is 4.25. The summed E-state index contributed by atoms with van der Waals surface area (Å²) in [5.41, 5.74) is 0. The highest BCUT2D eigenvalue weighted by Gasteiger charge is 2.20. The van der Waals surface area contributed by atoms with Crippen LogP contribution in [0, 0.1) is 5.92 Å². The molecule has 0 aromatic carbocycles. The number of nitrogens with one attached hydrogen (secondary N) is 3. The average Bonchev–Trinajstić information content (AvgIpc) is 2.83. The summed E-state index contributed by atoms with van der Waals surface area (Å²) in [7, 11) is 0. The molecule has 2 heterocycles. The lowest BCUT2D eigenvalue weighted by atomic mass is 9.99. The van der Waals surface area contributed by atoms with Crippen LogP contribution < -0.4 is 10.6 Å². The summed E-state index contributed by atoms with van der Waals surface area (Å²) < 4.78 is 0. The van der Waals surface area contributed by atoms with Crippen molar-refractivity contribution in [1.82, 2.24) is 25.8 Å². The van der Waals surface area contributed by atoms with Gasteiger partial charge in [-0.05, 0) is 19.4 Å². The van der Waals surface area contributed by atoms with E-state index in [1.807, 2.05) is 0 Å². The van der Waals surface area contributed by atoms with Gasteiger partial charge < -0.3 is 10.6 Å². The highest BCUT2D eigenvalue weighted by molar-refractivity contribution is 5.78. The van der Waals surface area contributed by atoms with Crippen molar-refractivity contribution >= 4 is 5.91 Å². The quantitative estimate of drug-likeness (QED) is 0.640. The number of H-pyrrole nitrogens is 1. The van der Waals surface area contributed by atoms with Crippen LogP contribution in [0.4, 0.5) is 0 Å². The fourth-order valence-electron chi connectivity index (χ4n) is 1.88. The van der Waals surface area contributed by atoms with Crippen LogP contribution in [0.25, 0.3) is 0 Å². The van der Waals surface area contributed by atoms with Crippen LogP contribution in [0.5, 0.6) is 0 Å². The normalized spacial score (nSPS) is 20.6. The molecule has 1 aliphatic rings. The van der Waals surface area contributed by atoms with Crippen molar-refractivity contribution in [3.8, 4) is 0 Å². The molecule has 0 saturated carbocycles. The second-order valence-electron chi connectivity index (χ2n) is 4.02. The molecule has 6 nitrogen and oxygen atoms in total. The van der Waals surface area contributed by atoms with Gasteiger partial charge in [-0.2, -0.15) is 5.10 Å². The van der Waals surface area contributed by atoms with Crippen LogP contribution in [-0.4, -0.2) is 40.7 Å². The van der Waals surface area contributed by atoms with Gasteiger partial charge in [-0.1, -0.05) is 0 Å². The maximum atomic E-state index is 11.7. The summed E-state index contributed by atoms with van der Waals surface area (Å²) in [6, 6.07) is 0. The first-order chi connectivity index (χ1) is 7.86. The Balaban J connectivity index is 1.67. The lowest BCUT2D eigenvalue weighted by Gasteiger charge is -2.21. The molecule has 1 amide bonds. The van der Waals surface area contributed by atoms with E-state index in [0.717, 1.165) is 31.8 Å². The van der Waals surface area contributed by atoms with Crippen molar-refractivity contribution in [3.63, 3.8) is 0 Å². The van der Waals surface area contributed by atoms with Crippen molar-refractivity contribution in [2.75, 3.05) is 19.6 Å². The van der Waals surface area contributed by atoms with E-state index < -0.39 is 0 Å². The minimum absolute atomic E-state index is 0.128. The molecule has 0 aliphatic carbocycles. The van der Waals surface area contributed by atoms with Crippen LogP contribution in [0.3, 0.4) is 0 Å². The molecule has 2 rings (SSSR count). The third-order valence-electron chi connectivity index (χ3n) is 2.79. The standard InChI is InChI=1S/C10H17N5O/c16-10(8-2-1-4-11-6-8)12-5-3-9-13-7-14-15-9/h7-8,11H,1-6H2,(H,12,16)(H,13,14,15)/t8-/m1/s1. The van der Waals surface area contributed by atoms with Crippen LogP contribution in [0.2, 0.25) is 0 Å². The first-order valence-electron chi connectivity index (χ1n) is 5.69. The molecular formula is C10H17N5O. The second kappa shape index (κ2) is 5.60. The molecule has 1 saturated heterocycles. The van der Waals surface area contributed by atoms with Gasteiger partial charge in [0.05, 0.1) is 5.92 Å². The number of amides is 1. The van der Waals surface area contributed by atoms with Gasteiger partial charge in [0.25, 0.3) is 0 Å². The Bertz CT molecular complexity index is 318. The molecule has 88 valence electrons. The van der Waals surface area contributed by atoms with E-state index in [9.17, 15) is 4.79 Å². The van der Waals surface area contributed by atoms with Gasteiger partial charge in [0.15, 0.2) is 0 Å². The van der Waals surface area contributed by atoms with Crippen LogP contribution >= 0.6 is 0 Å². The molecule has 0 spiro atoms. The van der Waals surface area contributed by atoms with Gasteiger partial charge in [0, 0.05) is 19.5 Å². The predicted molar refractivity (Wildman–Crippen MR) is 58.7 cm³/mol. The number of hydrogen-bond donors (Lipinski definition) is 3. The topological polar surface area (TPSA) is 82.7 Å². The van der Waals surface area contributed by atoms with E-state index in [4.69, 9.17) is 0 Å². The number of carbonyl (C=O) groups is 1. The Kier molecular flexibility index (Phi) is 3.87. The molecular weight excluding hydrogens is 206 g/mol. The van der Waals surface area contributed by atoms with E-state index in [-0.39, 0.29) is 11.8 Å². The highest BCUT2D eigenvalue weighted by Crippen LogP contribution is 2.09. The minimum Gasteiger partial charge on any atom is -0.355 e. The van der Waals surface area contributed by atoms with Crippen LogP contribution in [-0.2, 0) is 11.2 Å². The Morgan fingerprint density at radius 1 is 1.62 bits per heavy atom. The Labute approximate surface area is 94.2 Å². The fraction of sp³-hybridized carbons (Fsp3) is 0.700. The van der Waals surface area contributed by atoms with E-state index in [1.54, 1.807) is 0 Å². The van der Waals surface area contributed by atoms with Gasteiger partial charge in [-0.25, -0.2) is 4.98 Å². The van der Waals surface area contributed by atoms with Gasteiger partial charge in [-0.15, -0.1) is 0 Å². The van der Waals surface area contributed by atoms with Gasteiger partial charge in [0.1, 0.15) is 12.2 Å². The van der Waals surface area contributed by atoms with Gasteiger partial charge in [-0.3, -0.25) is 9.89 Å². The zero-order chi connectivity index (χ0) is 11.2. The molecule has 1 aromatic heterocycles. The van der Waals surface area contributed by atoms with Crippen LogP contribution in [0.1, 0.15) is 18.7 Å². The molecule has 16 heavy (non-hydrogen) atoms. The Morgan fingerprint density at radius 3 is 3.25 bits per heavy atom. The van der Waals surface area contributed by atoms with E-state index in [0.29, 0.717) is 13.0 Å². The SMILES string of the molecule is O=C(NCCc1ncn[nH]1)[C@@H]1CCCNC1. The molecule has 6 heteroatoms. The molecule has 0 unspecified atom stereocenters. The third kappa shape index (κ3) is 3.03. The number of aromatic amines is 1. The lowest BCUT2D eigenvalue weighted by Crippen LogP contribution is -2.41. The van der Waals surface area contributed by atoms with Gasteiger partial charge in [0.2, 0.25) is 5.91 Å². The van der Waals surface area contributed by atoms with Crippen molar-refractivity contribution < 1.29 is 4.79 Å².